The summed E-state index contributed by atoms with van der Waals surface area (Å²) in [6.45, 7) is 0.677. The third-order valence-corrected chi connectivity index (χ3v) is 5.81. The summed E-state index contributed by atoms with van der Waals surface area (Å²) in [5, 5.41) is 2.20. The zero-order chi connectivity index (χ0) is 17.7. The Kier molecular flexibility index (Phi) is 5.82. The standard InChI is InChI=1S/C16H22N2O5S/c1-23-13-5-3-4-12(10-13)16(20)17-11-15(19)18-8-6-14(7-9-18)24(2,21)22/h3-5,10,14H,6-9,11H2,1-2H3,(H,17,20). The fraction of sp³-hybridized carbons (Fsp3) is 0.500. The average molecular weight is 354 g/mol. The van der Waals surface area contributed by atoms with Crippen LogP contribution in [0.2, 0.25) is 0 Å². The summed E-state index contributed by atoms with van der Waals surface area (Å²) in [6.07, 6.45) is 2.10. The molecule has 0 saturated carbocycles. The van der Waals surface area contributed by atoms with Crippen molar-refractivity contribution in [1.29, 1.82) is 0 Å². The molecule has 7 nitrogen and oxygen atoms in total. The van der Waals surface area contributed by atoms with Gasteiger partial charge in [0.2, 0.25) is 5.91 Å². The quantitative estimate of drug-likeness (QED) is 0.829. The molecule has 0 bridgehead atoms. The summed E-state index contributed by atoms with van der Waals surface area (Å²) in [5.41, 5.74) is 0.415. The maximum absolute atomic E-state index is 12.2. The smallest absolute Gasteiger partial charge is 0.251 e. The first-order chi connectivity index (χ1) is 11.3. The first-order valence-electron chi connectivity index (χ1n) is 7.70. The van der Waals surface area contributed by atoms with Crippen molar-refractivity contribution in [3.63, 3.8) is 0 Å². The molecule has 0 aromatic heterocycles. The van der Waals surface area contributed by atoms with Gasteiger partial charge < -0.3 is 15.0 Å². The molecule has 1 aromatic carbocycles. The van der Waals surface area contributed by atoms with Gasteiger partial charge in [0.15, 0.2) is 0 Å². The van der Waals surface area contributed by atoms with Crippen molar-refractivity contribution in [2.45, 2.75) is 18.1 Å². The van der Waals surface area contributed by atoms with Gasteiger partial charge in [0.25, 0.3) is 5.91 Å². The zero-order valence-corrected chi connectivity index (χ0v) is 14.6. The van der Waals surface area contributed by atoms with Gasteiger partial charge in [-0.2, -0.15) is 0 Å². The molecule has 8 heteroatoms. The van der Waals surface area contributed by atoms with E-state index in [1.54, 1.807) is 29.2 Å². The highest BCUT2D eigenvalue weighted by molar-refractivity contribution is 7.91. The number of nitrogens with one attached hydrogen (secondary N) is 1. The first-order valence-corrected chi connectivity index (χ1v) is 9.65. The monoisotopic (exact) mass is 354 g/mol. The fourth-order valence-corrected chi connectivity index (χ4v) is 3.73. The maximum Gasteiger partial charge on any atom is 0.251 e. The Morgan fingerprint density at radius 1 is 1.29 bits per heavy atom. The highest BCUT2D eigenvalue weighted by atomic mass is 32.2. The number of hydrogen-bond acceptors (Lipinski definition) is 5. The van der Waals surface area contributed by atoms with Crippen molar-refractivity contribution in [1.82, 2.24) is 10.2 Å². The van der Waals surface area contributed by atoms with Gasteiger partial charge >= 0.3 is 0 Å². The van der Waals surface area contributed by atoms with Crippen LogP contribution in [0.15, 0.2) is 24.3 Å². The largest absolute Gasteiger partial charge is 0.497 e. The summed E-state index contributed by atoms with van der Waals surface area (Å²) in [6, 6.07) is 6.66. The number of ether oxygens (including phenoxy) is 1. The molecule has 0 spiro atoms. The Labute approximate surface area is 141 Å². The van der Waals surface area contributed by atoms with Crippen LogP contribution in [0.1, 0.15) is 23.2 Å². The minimum Gasteiger partial charge on any atom is -0.497 e. The lowest BCUT2D eigenvalue weighted by atomic mass is 10.1. The van der Waals surface area contributed by atoms with Crippen molar-refractivity contribution >= 4 is 21.7 Å². The summed E-state index contributed by atoms with van der Waals surface area (Å²) in [5.74, 6) is 0.00305. The van der Waals surface area contributed by atoms with E-state index >= 15 is 0 Å². The molecule has 1 aliphatic rings. The van der Waals surface area contributed by atoms with Crippen LogP contribution in [0, 0.1) is 0 Å². The Hall–Kier alpha value is -2.09. The molecular weight excluding hydrogens is 332 g/mol. The normalized spacial score (nSPS) is 15.8. The molecule has 1 aromatic rings. The van der Waals surface area contributed by atoms with E-state index in [0.717, 1.165) is 0 Å². The van der Waals surface area contributed by atoms with E-state index in [-0.39, 0.29) is 23.6 Å². The predicted molar refractivity (Wildman–Crippen MR) is 89.8 cm³/mol. The number of methoxy groups -OCH3 is 1. The Morgan fingerprint density at radius 2 is 1.96 bits per heavy atom. The number of likely N-dealkylation sites (tertiary alicyclic amines) is 1. The van der Waals surface area contributed by atoms with E-state index in [0.29, 0.717) is 37.2 Å². The van der Waals surface area contributed by atoms with E-state index in [4.69, 9.17) is 4.74 Å². The molecular formula is C16H22N2O5S. The molecule has 2 amide bonds. The highest BCUT2D eigenvalue weighted by Crippen LogP contribution is 2.17. The predicted octanol–water partition coefficient (Wildman–Crippen LogP) is 0.461. The van der Waals surface area contributed by atoms with E-state index in [1.165, 1.54) is 13.4 Å². The fourth-order valence-electron chi connectivity index (χ4n) is 2.67. The lowest BCUT2D eigenvalue weighted by molar-refractivity contribution is -0.130. The molecule has 0 aliphatic carbocycles. The van der Waals surface area contributed by atoms with Crippen molar-refractivity contribution in [3.05, 3.63) is 29.8 Å². The number of rotatable bonds is 5. The van der Waals surface area contributed by atoms with Gasteiger partial charge in [-0.1, -0.05) is 6.07 Å². The van der Waals surface area contributed by atoms with Crippen molar-refractivity contribution < 1.29 is 22.7 Å². The molecule has 24 heavy (non-hydrogen) atoms. The van der Waals surface area contributed by atoms with Crippen LogP contribution in [0.5, 0.6) is 5.75 Å². The molecule has 0 atom stereocenters. The topological polar surface area (TPSA) is 92.8 Å². The van der Waals surface area contributed by atoms with Gasteiger partial charge in [-0.05, 0) is 31.0 Å². The molecule has 2 rings (SSSR count). The van der Waals surface area contributed by atoms with Crippen LogP contribution in [-0.4, -0.2) is 63.4 Å². The molecule has 0 unspecified atom stereocenters. The number of carbonyl (C=O) groups excluding carboxylic acids is 2. The third-order valence-electron chi connectivity index (χ3n) is 4.13. The molecule has 0 radical (unpaired) electrons. The second-order valence-electron chi connectivity index (χ2n) is 5.82. The van der Waals surface area contributed by atoms with Crippen LogP contribution in [0.25, 0.3) is 0 Å². The van der Waals surface area contributed by atoms with E-state index in [1.807, 2.05) is 0 Å². The number of benzene rings is 1. The van der Waals surface area contributed by atoms with E-state index in [2.05, 4.69) is 5.32 Å². The van der Waals surface area contributed by atoms with Gasteiger partial charge in [0.1, 0.15) is 15.6 Å². The highest BCUT2D eigenvalue weighted by Gasteiger charge is 2.28. The van der Waals surface area contributed by atoms with Crippen LogP contribution in [0.3, 0.4) is 0 Å². The summed E-state index contributed by atoms with van der Waals surface area (Å²) >= 11 is 0. The van der Waals surface area contributed by atoms with Gasteiger partial charge in [-0.25, -0.2) is 8.42 Å². The second kappa shape index (κ2) is 7.65. The van der Waals surface area contributed by atoms with Gasteiger partial charge in [-0.3, -0.25) is 9.59 Å². The van der Waals surface area contributed by atoms with Crippen LogP contribution in [0.4, 0.5) is 0 Å². The number of hydrogen-bond donors (Lipinski definition) is 1. The first kappa shape index (κ1) is 18.3. The summed E-state index contributed by atoms with van der Waals surface area (Å²) < 4.78 is 28.1. The lowest BCUT2D eigenvalue weighted by Gasteiger charge is -2.31. The number of sulfone groups is 1. The minimum absolute atomic E-state index is 0.112. The molecule has 1 N–H and O–H groups in total. The molecule has 1 saturated heterocycles. The molecule has 1 fully saturated rings. The Bertz CT molecular complexity index is 709. The Morgan fingerprint density at radius 3 is 2.54 bits per heavy atom. The van der Waals surface area contributed by atoms with Crippen molar-refractivity contribution in [2.24, 2.45) is 0 Å². The molecule has 1 aliphatic heterocycles. The number of piperidine rings is 1. The third kappa shape index (κ3) is 4.70. The molecule has 1 heterocycles. The van der Waals surface area contributed by atoms with E-state index in [9.17, 15) is 18.0 Å². The van der Waals surface area contributed by atoms with Crippen LogP contribution >= 0.6 is 0 Å². The van der Waals surface area contributed by atoms with Crippen LogP contribution in [-0.2, 0) is 14.6 Å². The maximum atomic E-state index is 12.2. The van der Waals surface area contributed by atoms with Gasteiger partial charge in [0, 0.05) is 24.9 Å². The van der Waals surface area contributed by atoms with Crippen LogP contribution < -0.4 is 10.1 Å². The number of nitrogens with zero attached hydrogens (tertiary/aromatic N) is 1. The minimum atomic E-state index is -3.06. The molecule has 132 valence electrons. The number of carbonyl (C=O) groups is 2. The number of amides is 2. The van der Waals surface area contributed by atoms with Gasteiger partial charge in [0.05, 0.1) is 18.9 Å². The average Bonchev–Trinajstić information content (AvgIpc) is 2.58. The van der Waals surface area contributed by atoms with Gasteiger partial charge in [-0.15, -0.1) is 0 Å². The van der Waals surface area contributed by atoms with Crippen molar-refractivity contribution in [2.75, 3.05) is 33.0 Å². The summed E-state index contributed by atoms with van der Waals surface area (Å²) in [7, 11) is -1.55. The van der Waals surface area contributed by atoms with E-state index < -0.39 is 9.84 Å². The SMILES string of the molecule is COc1cccc(C(=O)NCC(=O)N2CCC(S(C)(=O)=O)CC2)c1. The zero-order valence-electron chi connectivity index (χ0n) is 13.8. The Balaban J connectivity index is 1.84. The summed E-state index contributed by atoms with van der Waals surface area (Å²) in [4.78, 5) is 25.8. The van der Waals surface area contributed by atoms with Crippen molar-refractivity contribution in [3.8, 4) is 5.75 Å². The second-order valence-corrected chi connectivity index (χ2v) is 8.15. The lowest BCUT2D eigenvalue weighted by Crippen LogP contribution is -2.46.